The van der Waals surface area contributed by atoms with Crippen LogP contribution in [0, 0.1) is 20.8 Å². The molecular weight excluding hydrogens is 326 g/mol. The number of aryl methyl sites for hydroxylation is 3. The fourth-order valence-corrected chi connectivity index (χ4v) is 2.93. The summed E-state index contributed by atoms with van der Waals surface area (Å²) >= 11 is 3.63. The summed E-state index contributed by atoms with van der Waals surface area (Å²) in [4.78, 5) is 4.26. The van der Waals surface area contributed by atoms with E-state index in [2.05, 4.69) is 66.1 Å². The predicted molar refractivity (Wildman–Crippen MR) is 92.5 cm³/mol. The maximum Gasteiger partial charge on any atom is 0.128 e. The third-order valence-corrected chi connectivity index (χ3v) is 4.98. The van der Waals surface area contributed by atoms with Crippen LogP contribution in [0.25, 0.3) is 0 Å². The van der Waals surface area contributed by atoms with Crippen molar-refractivity contribution in [1.29, 1.82) is 0 Å². The Morgan fingerprint density at radius 3 is 2.33 bits per heavy atom. The zero-order chi connectivity index (χ0) is 15.6. The van der Waals surface area contributed by atoms with Gasteiger partial charge in [-0.3, -0.25) is 0 Å². The standard InChI is InChI=1S/C17H22BrN3/c1-5-20-16(14-10(2)6-7-21-17(14)19)13-8-11(3)15(18)12(4)9-13/h6-9,16,20H,5H2,1-4H3,(H2,19,21). The number of hydrogen-bond acceptors (Lipinski definition) is 3. The quantitative estimate of drug-likeness (QED) is 0.876. The highest BCUT2D eigenvalue weighted by Crippen LogP contribution is 2.32. The van der Waals surface area contributed by atoms with Crippen molar-refractivity contribution >= 4 is 21.7 Å². The molecule has 1 unspecified atom stereocenters. The van der Waals surface area contributed by atoms with Crippen molar-refractivity contribution in [3.8, 4) is 0 Å². The molecule has 3 nitrogen and oxygen atoms in total. The number of aromatic nitrogens is 1. The van der Waals surface area contributed by atoms with Crippen LogP contribution in [0.3, 0.4) is 0 Å². The molecule has 0 spiro atoms. The van der Waals surface area contributed by atoms with Gasteiger partial charge in [0.25, 0.3) is 0 Å². The average molecular weight is 348 g/mol. The summed E-state index contributed by atoms with van der Waals surface area (Å²) in [6.07, 6.45) is 1.76. The minimum atomic E-state index is 0.0641. The van der Waals surface area contributed by atoms with Gasteiger partial charge in [0, 0.05) is 16.2 Å². The van der Waals surface area contributed by atoms with Gasteiger partial charge >= 0.3 is 0 Å². The van der Waals surface area contributed by atoms with Crippen molar-refractivity contribution in [1.82, 2.24) is 10.3 Å². The topological polar surface area (TPSA) is 50.9 Å². The summed E-state index contributed by atoms with van der Waals surface area (Å²) in [6, 6.07) is 6.48. The number of anilines is 1. The maximum atomic E-state index is 6.14. The third kappa shape index (κ3) is 3.27. The lowest BCUT2D eigenvalue weighted by atomic mass is 9.93. The Morgan fingerprint density at radius 2 is 1.81 bits per heavy atom. The first-order chi connectivity index (χ1) is 9.95. The summed E-state index contributed by atoms with van der Waals surface area (Å²) in [5, 5.41) is 3.54. The first kappa shape index (κ1) is 16.0. The highest BCUT2D eigenvalue weighted by molar-refractivity contribution is 9.10. The van der Waals surface area contributed by atoms with Gasteiger partial charge in [0.05, 0.1) is 6.04 Å². The molecule has 4 heteroatoms. The number of nitrogen functional groups attached to an aromatic ring is 1. The monoisotopic (exact) mass is 347 g/mol. The van der Waals surface area contributed by atoms with Gasteiger partial charge in [-0.25, -0.2) is 4.98 Å². The van der Waals surface area contributed by atoms with Crippen LogP contribution in [-0.2, 0) is 0 Å². The Bertz CT molecular complexity index is 609. The van der Waals surface area contributed by atoms with E-state index in [1.807, 2.05) is 6.07 Å². The van der Waals surface area contributed by atoms with Crippen molar-refractivity contribution in [3.05, 3.63) is 56.7 Å². The minimum absolute atomic E-state index is 0.0641. The van der Waals surface area contributed by atoms with Crippen molar-refractivity contribution in [2.45, 2.75) is 33.7 Å². The Balaban J connectivity index is 2.59. The molecule has 0 saturated heterocycles. The van der Waals surface area contributed by atoms with E-state index in [1.165, 1.54) is 16.7 Å². The molecule has 2 rings (SSSR count). The molecule has 0 saturated carbocycles. The second-order valence-electron chi connectivity index (χ2n) is 5.39. The molecule has 3 N–H and O–H groups in total. The summed E-state index contributed by atoms with van der Waals surface area (Å²) in [6.45, 7) is 9.28. The van der Waals surface area contributed by atoms with E-state index in [4.69, 9.17) is 5.73 Å². The number of nitrogens with one attached hydrogen (secondary N) is 1. The highest BCUT2D eigenvalue weighted by atomic mass is 79.9. The molecule has 0 radical (unpaired) electrons. The van der Waals surface area contributed by atoms with Crippen LogP contribution < -0.4 is 11.1 Å². The number of benzene rings is 1. The van der Waals surface area contributed by atoms with Gasteiger partial charge in [-0.2, -0.15) is 0 Å². The zero-order valence-electron chi connectivity index (χ0n) is 13.0. The molecule has 1 heterocycles. The van der Waals surface area contributed by atoms with E-state index >= 15 is 0 Å². The maximum absolute atomic E-state index is 6.14. The van der Waals surface area contributed by atoms with Crippen molar-refractivity contribution < 1.29 is 0 Å². The number of pyridine rings is 1. The lowest BCUT2D eigenvalue weighted by Gasteiger charge is -2.23. The minimum Gasteiger partial charge on any atom is -0.383 e. The van der Waals surface area contributed by atoms with Crippen molar-refractivity contribution in [3.63, 3.8) is 0 Å². The first-order valence-corrected chi connectivity index (χ1v) is 7.96. The largest absolute Gasteiger partial charge is 0.383 e. The highest BCUT2D eigenvalue weighted by Gasteiger charge is 2.19. The molecule has 112 valence electrons. The van der Waals surface area contributed by atoms with E-state index < -0.39 is 0 Å². The van der Waals surface area contributed by atoms with Crippen molar-refractivity contribution in [2.75, 3.05) is 12.3 Å². The van der Waals surface area contributed by atoms with E-state index in [-0.39, 0.29) is 6.04 Å². The van der Waals surface area contributed by atoms with Gasteiger partial charge in [-0.1, -0.05) is 35.0 Å². The summed E-state index contributed by atoms with van der Waals surface area (Å²) < 4.78 is 1.16. The van der Waals surface area contributed by atoms with Gasteiger partial charge < -0.3 is 11.1 Å². The van der Waals surface area contributed by atoms with Crippen LogP contribution in [0.5, 0.6) is 0 Å². The first-order valence-electron chi connectivity index (χ1n) is 7.16. The Kier molecular flexibility index (Phi) is 5.01. The number of halogens is 1. The second-order valence-corrected chi connectivity index (χ2v) is 6.18. The molecule has 0 aliphatic heterocycles. The number of rotatable bonds is 4. The van der Waals surface area contributed by atoms with Gasteiger partial charge in [0.15, 0.2) is 0 Å². The number of hydrogen-bond donors (Lipinski definition) is 2. The van der Waals surface area contributed by atoms with Gasteiger partial charge in [-0.05, 0) is 55.6 Å². The van der Waals surface area contributed by atoms with E-state index in [0.717, 1.165) is 22.1 Å². The average Bonchev–Trinajstić information content (AvgIpc) is 2.43. The third-order valence-electron chi connectivity index (χ3n) is 3.73. The molecule has 2 aromatic rings. The molecule has 0 bridgehead atoms. The Hall–Kier alpha value is -1.39. The molecule has 0 amide bonds. The number of nitrogens with zero attached hydrogens (tertiary/aromatic N) is 1. The lowest BCUT2D eigenvalue weighted by Crippen LogP contribution is -2.24. The zero-order valence-corrected chi connectivity index (χ0v) is 14.6. The summed E-state index contributed by atoms with van der Waals surface area (Å²) in [5.74, 6) is 0.596. The predicted octanol–water partition coefficient (Wildman–Crippen LogP) is 4.05. The van der Waals surface area contributed by atoms with E-state index in [1.54, 1.807) is 6.20 Å². The van der Waals surface area contributed by atoms with Gasteiger partial charge in [-0.15, -0.1) is 0 Å². The fraction of sp³-hybridized carbons (Fsp3) is 0.353. The van der Waals surface area contributed by atoms with Crippen LogP contribution in [0.15, 0.2) is 28.9 Å². The van der Waals surface area contributed by atoms with Crippen molar-refractivity contribution in [2.24, 2.45) is 0 Å². The summed E-state index contributed by atoms with van der Waals surface area (Å²) in [5.41, 5.74) is 12.0. The van der Waals surface area contributed by atoms with Crippen LogP contribution in [0.4, 0.5) is 5.82 Å². The van der Waals surface area contributed by atoms with E-state index in [9.17, 15) is 0 Å². The molecule has 0 aliphatic carbocycles. The Morgan fingerprint density at radius 1 is 1.19 bits per heavy atom. The smallest absolute Gasteiger partial charge is 0.128 e. The second kappa shape index (κ2) is 6.58. The fourth-order valence-electron chi connectivity index (χ4n) is 2.70. The molecule has 0 aliphatic rings. The molecule has 21 heavy (non-hydrogen) atoms. The van der Waals surface area contributed by atoms with Gasteiger partial charge in [0.1, 0.15) is 5.82 Å². The molecule has 1 aromatic carbocycles. The van der Waals surface area contributed by atoms with Gasteiger partial charge in [0.2, 0.25) is 0 Å². The number of nitrogens with two attached hydrogens (primary N) is 1. The molecular formula is C17H22BrN3. The van der Waals surface area contributed by atoms with Crippen LogP contribution in [0.2, 0.25) is 0 Å². The molecule has 1 aromatic heterocycles. The Labute approximate surface area is 135 Å². The van der Waals surface area contributed by atoms with Crippen LogP contribution in [-0.4, -0.2) is 11.5 Å². The van der Waals surface area contributed by atoms with Crippen LogP contribution in [0.1, 0.15) is 40.8 Å². The molecule has 0 fully saturated rings. The van der Waals surface area contributed by atoms with Crippen LogP contribution >= 0.6 is 15.9 Å². The lowest BCUT2D eigenvalue weighted by molar-refractivity contribution is 0.626. The summed E-state index contributed by atoms with van der Waals surface area (Å²) in [7, 11) is 0. The molecule has 1 atom stereocenters. The SMILES string of the molecule is CCNC(c1cc(C)c(Br)c(C)c1)c1c(C)ccnc1N. The van der Waals surface area contributed by atoms with E-state index in [0.29, 0.717) is 5.82 Å². The normalized spacial score (nSPS) is 12.4.